The fourth-order valence-electron chi connectivity index (χ4n) is 2.81. The smallest absolute Gasteiger partial charge is 0.303 e. The zero-order chi connectivity index (χ0) is 14.3. The third-order valence-electron chi connectivity index (χ3n) is 3.72. The third kappa shape index (κ3) is 6.08. The van der Waals surface area contributed by atoms with E-state index >= 15 is 0 Å². The first kappa shape index (κ1) is 16.0. The molecule has 1 amide bonds. The lowest BCUT2D eigenvalue weighted by atomic mass is 9.93. The number of nitrogens with zero attached hydrogens (tertiary/aromatic N) is 1. The molecule has 0 aromatic rings. The number of aliphatic carboxylic acids is 1. The van der Waals surface area contributed by atoms with Crippen LogP contribution in [-0.2, 0) is 9.59 Å². The molecule has 1 rings (SSSR count). The molecule has 1 saturated heterocycles. The highest BCUT2D eigenvalue weighted by Gasteiger charge is 2.26. The van der Waals surface area contributed by atoms with Gasteiger partial charge in [-0.25, -0.2) is 0 Å². The molecule has 0 bridgehead atoms. The summed E-state index contributed by atoms with van der Waals surface area (Å²) in [6.07, 6.45) is 6.50. The van der Waals surface area contributed by atoms with Gasteiger partial charge >= 0.3 is 5.97 Å². The Kier molecular flexibility index (Phi) is 6.89. The van der Waals surface area contributed by atoms with Crippen LogP contribution in [0, 0.1) is 5.92 Å². The summed E-state index contributed by atoms with van der Waals surface area (Å²) in [7, 11) is 0. The Morgan fingerprint density at radius 2 is 1.89 bits per heavy atom. The quantitative estimate of drug-likeness (QED) is 0.723. The van der Waals surface area contributed by atoms with Gasteiger partial charge in [0, 0.05) is 25.4 Å². The highest BCUT2D eigenvalue weighted by Crippen LogP contribution is 2.23. The predicted molar refractivity (Wildman–Crippen MR) is 74.9 cm³/mol. The molecular weight excluding hydrogens is 242 g/mol. The average Bonchev–Trinajstić information content (AvgIpc) is 2.34. The largest absolute Gasteiger partial charge is 0.481 e. The second-order valence-corrected chi connectivity index (χ2v) is 5.97. The van der Waals surface area contributed by atoms with Crippen LogP contribution in [0.4, 0.5) is 0 Å². The lowest BCUT2D eigenvalue weighted by Crippen LogP contribution is -2.44. The molecule has 1 aliphatic rings. The maximum atomic E-state index is 12.2. The van der Waals surface area contributed by atoms with E-state index in [9.17, 15) is 9.59 Å². The lowest BCUT2D eigenvalue weighted by Gasteiger charge is -2.37. The number of carbonyl (C=O) groups is 2. The van der Waals surface area contributed by atoms with E-state index < -0.39 is 5.97 Å². The van der Waals surface area contributed by atoms with Gasteiger partial charge in [-0.15, -0.1) is 0 Å². The number of carboxylic acids is 1. The van der Waals surface area contributed by atoms with Gasteiger partial charge in [-0.1, -0.05) is 13.8 Å². The predicted octanol–water partition coefficient (Wildman–Crippen LogP) is 3.06. The Balaban J connectivity index is 2.36. The summed E-state index contributed by atoms with van der Waals surface area (Å²) in [5, 5.41) is 8.57. The molecule has 0 spiro atoms. The summed E-state index contributed by atoms with van der Waals surface area (Å²) in [5.74, 6) is 0.0595. The Labute approximate surface area is 116 Å². The summed E-state index contributed by atoms with van der Waals surface area (Å²) in [5.41, 5.74) is 0. The normalized spacial score (nSPS) is 19.7. The Bertz CT molecular complexity index is 302. The van der Waals surface area contributed by atoms with Crippen LogP contribution in [0.2, 0.25) is 0 Å². The maximum Gasteiger partial charge on any atom is 0.303 e. The highest BCUT2D eigenvalue weighted by atomic mass is 16.4. The molecule has 1 unspecified atom stereocenters. The van der Waals surface area contributed by atoms with Crippen molar-refractivity contribution in [1.29, 1.82) is 0 Å². The monoisotopic (exact) mass is 269 g/mol. The topological polar surface area (TPSA) is 57.6 Å². The van der Waals surface area contributed by atoms with E-state index in [0.717, 1.165) is 25.8 Å². The molecule has 1 atom stereocenters. The summed E-state index contributed by atoms with van der Waals surface area (Å²) in [6.45, 7) is 5.28. The third-order valence-corrected chi connectivity index (χ3v) is 3.72. The van der Waals surface area contributed by atoms with Crippen molar-refractivity contribution < 1.29 is 14.7 Å². The van der Waals surface area contributed by atoms with Crippen molar-refractivity contribution in [2.45, 2.75) is 71.3 Å². The molecule has 1 fully saturated rings. The van der Waals surface area contributed by atoms with Crippen LogP contribution in [-0.4, -0.2) is 34.5 Å². The minimum Gasteiger partial charge on any atom is -0.481 e. The molecule has 4 nitrogen and oxygen atoms in total. The molecule has 1 aliphatic heterocycles. The van der Waals surface area contributed by atoms with Crippen LogP contribution in [0.3, 0.4) is 0 Å². The number of hydrogen-bond donors (Lipinski definition) is 1. The van der Waals surface area contributed by atoms with Crippen molar-refractivity contribution >= 4 is 11.9 Å². The van der Waals surface area contributed by atoms with E-state index in [-0.39, 0.29) is 12.3 Å². The summed E-state index contributed by atoms with van der Waals surface area (Å²) in [6, 6.07) is 0.403. The second-order valence-electron chi connectivity index (χ2n) is 5.97. The minimum absolute atomic E-state index is 0.169. The molecule has 4 heteroatoms. The molecule has 19 heavy (non-hydrogen) atoms. The number of hydrogen-bond acceptors (Lipinski definition) is 2. The van der Waals surface area contributed by atoms with E-state index in [4.69, 9.17) is 5.11 Å². The zero-order valence-electron chi connectivity index (χ0n) is 12.2. The van der Waals surface area contributed by atoms with E-state index in [2.05, 4.69) is 13.8 Å². The first-order valence-corrected chi connectivity index (χ1v) is 7.52. The number of rotatable bonds is 7. The fourth-order valence-corrected chi connectivity index (χ4v) is 2.81. The van der Waals surface area contributed by atoms with Gasteiger partial charge < -0.3 is 10.0 Å². The summed E-state index contributed by atoms with van der Waals surface area (Å²) >= 11 is 0. The van der Waals surface area contributed by atoms with Crippen molar-refractivity contribution in [2.24, 2.45) is 5.92 Å². The Morgan fingerprint density at radius 1 is 1.21 bits per heavy atom. The van der Waals surface area contributed by atoms with Gasteiger partial charge in [-0.2, -0.15) is 0 Å². The van der Waals surface area contributed by atoms with Crippen LogP contribution < -0.4 is 0 Å². The molecule has 1 N–H and O–H groups in total. The van der Waals surface area contributed by atoms with Gasteiger partial charge in [0.1, 0.15) is 0 Å². The van der Waals surface area contributed by atoms with Crippen LogP contribution >= 0.6 is 0 Å². The van der Waals surface area contributed by atoms with Crippen LogP contribution in [0.15, 0.2) is 0 Å². The number of piperidine rings is 1. The van der Waals surface area contributed by atoms with Gasteiger partial charge in [0.05, 0.1) is 0 Å². The van der Waals surface area contributed by atoms with Gasteiger partial charge in [0.25, 0.3) is 0 Å². The molecule has 0 aromatic carbocycles. The zero-order valence-corrected chi connectivity index (χ0v) is 12.2. The molecule has 0 aromatic heterocycles. The van der Waals surface area contributed by atoms with Crippen LogP contribution in [0.25, 0.3) is 0 Å². The van der Waals surface area contributed by atoms with Crippen LogP contribution in [0.5, 0.6) is 0 Å². The number of amides is 1. The number of carbonyl (C=O) groups excluding carboxylic acids is 1. The number of likely N-dealkylation sites (tertiary alicyclic amines) is 1. The first-order valence-electron chi connectivity index (χ1n) is 7.52. The number of carboxylic acid groups (broad SMARTS) is 1. The first-order chi connectivity index (χ1) is 9.00. The lowest BCUT2D eigenvalue weighted by molar-refractivity contribution is -0.138. The average molecular weight is 269 g/mol. The van der Waals surface area contributed by atoms with E-state index in [1.54, 1.807) is 0 Å². The Morgan fingerprint density at radius 3 is 2.53 bits per heavy atom. The minimum atomic E-state index is -0.775. The summed E-state index contributed by atoms with van der Waals surface area (Å²) < 4.78 is 0. The molecule has 0 saturated carbocycles. The molecule has 0 radical (unpaired) electrons. The van der Waals surface area contributed by atoms with E-state index in [1.165, 1.54) is 6.42 Å². The van der Waals surface area contributed by atoms with Gasteiger partial charge in [0.15, 0.2) is 0 Å². The molecular formula is C15H27NO3. The maximum absolute atomic E-state index is 12.2. The van der Waals surface area contributed by atoms with Gasteiger partial charge in [0.2, 0.25) is 5.91 Å². The standard InChI is InChI=1S/C15H27NO3/c1-12(2)11-13-7-5-6-10-16(13)14(17)8-3-4-9-15(18)19/h12-13H,3-11H2,1-2H3,(H,18,19). The summed E-state index contributed by atoms with van der Waals surface area (Å²) in [4.78, 5) is 24.7. The SMILES string of the molecule is CC(C)CC1CCCCN1C(=O)CCCCC(=O)O. The van der Waals surface area contributed by atoms with Gasteiger partial charge in [-0.05, 0) is 44.4 Å². The van der Waals surface area contributed by atoms with E-state index in [0.29, 0.717) is 31.2 Å². The van der Waals surface area contributed by atoms with Crippen molar-refractivity contribution in [1.82, 2.24) is 4.90 Å². The number of unbranched alkanes of at least 4 members (excludes halogenated alkanes) is 1. The Hall–Kier alpha value is -1.06. The second kappa shape index (κ2) is 8.18. The molecule has 110 valence electrons. The van der Waals surface area contributed by atoms with Gasteiger partial charge in [-0.3, -0.25) is 9.59 Å². The fraction of sp³-hybridized carbons (Fsp3) is 0.867. The van der Waals surface area contributed by atoms with Crippen molar-refractivity contribution in [3.8, 4) is 0 Å². The van der Waals surface area contributed by atoms with Crippen molar-refractivity contribution in [3.05, 3.63) is 0 Å². The van der Waals surface area contributed by atoms with Crippen LogP contribution in [0.1, 0.15) is 65.2 Å². The van der Waals surface area contributed by atoms with E-state index in [1.807, 2.05) is 4.90 Å². The molecule has 0 aliphatic carbocycles. The van der Waals surface area contributed by atoms with Crippen molar-refractivity contribution in [3.63, 3.8) is 0 Å². The molecule has 1 heterocycles. The van der Waals surface area contributed by atoms with Crippen molar-refractivity contribution in [2.75, 3.05) is 6.54 Å². The highest BCUT2D eigenvalue weighted by molar-refractivity contribution is 5.76.